The first-order chi connectivity index (χ1) is 5.74. The molecule has 0 aliphatic rings. The summed E-state index contributed by atoms with van der Waals surface area (Å²) in [4.78, 5) is 0. The van der Waals surface area contributed by atoms with Crippen LogP contribution in [0.4, 0.5) is 0 Å². The second-order valence-electron chi connectivity index (χ2n) is 3.03. The average Bonchev–Trinajstić information content (AvgIpc) is 2.13. The monoisotopic (exact) mass is 189 g/mol. The molecule has 0 rings (SSSR count). The van der Waals surface area contributed by atoms with Crippen molar-refractivity contribution in [1.29, 1.82) is 0 Å². The zero-order chi connectivity index (χ0) is 9.45. The largest absolute Gasteiger partial charge is 0.398 e. The van der Waals surface area contributed by atoms with E-state index in [0.717, 1.165) is 18.5 Å². The second kappa shape index (κ2) is 6.63. The Morgan fingerprint density at radius 1 is 1.17 bits per heavy atom. The normalized spacial score (nSPS) is 12.0. The Bertz CT molecular complexity index is 103. The van der Waals surface area contributed by atoms with Gasteiger partial charge in [-0.15, -0.1) is 0 Å². The summed E-state index contributed by atoms with van der Waals surface area (Å²) in [6.07, 6.45) is 3.32. The highest BCUT2D eigenvalue weighted by Gasteiger charge is 2.33. The zero-order valence-electron chi connectivity index (χ0n) is 8.56. The number of hydrogen-bond donors (Lipinski definition) is 0. The lowest BCUT2D eigenvalue weighted by atomic mass is 10.4. The Morgan fingerprint density at radius 2 is 1.75 bits per heavy atom. The van der Waals surface area contributed by atoms with E-state index in [1.807, 2.05) is 0 Å². The summed E-state index contributed by atoms with van der Waals surface area (Å²) in [5.74, 6) is 0. The molecule has 1 radical (unpaired) electrons. The highest BCUT2D eigenvalue weighted by Crippen LogP contribution is 2.21. The molecule has 0 N–H and O–H groups in total. The van der Waals surface area contributed by atoms with Crippen LogP contribution in [-0.4, -0.2) is 22.8 Å². The third kappa shape index (κ3) is 3.69. The predicted octanol–water partition coefficient (Wildman–Crippen LogP) is 2.75. The van der Waals surface area contributed by atoms with E-state index in [1.54, 1.807) is 14.2 Å². The lowest BCUT2D eigenvalue weighted by molar-refractivity contribution is 0.240. The van der Waals surface area contributed by atoms with Gasteiger partial charge in [-0.2, -0.15) is 0 Å². The van der Waals surface area contributed by atoms with Crippen LogP contribution in [0.25, 0.3) is 0 Å². The summed E-state index contributed by atoms with van der Waals surface area (Å²) in [7, 11) is 1.70. The molecule has 0 fully saturated rings. The van der Waals surface area contributed by atoms with E-state index < -0.39 is 8.56 Å². The van der Waals surface area contributed by atoms with Crippen molar-refractivity contribution in [2.45, 2.75) is 38.3 Å². The van der Waals surface area contributed by atoms with Crippen molar-refractivity contribution in [2.24, 2.45) is 0 Å². The van der Waals surface area contributed by atoms with Crippen LogP contribution in [-0.2, 0) is 8.85 Å². The van der Waals surface area contributed by atoms with Crippen molar-refractivity contribution in [3.8, 4) is 0 Å². The molecule has 3 heteroatoms. The molecule has 0 saturated heterocycles. The van der Waals surface area contributed by atoms with Crippen LogP contribution in [0.5, 0.6) is 0 Å². The van der Waals surface area contributed by atoms with E-state index in [9.17, 15) is 0 Å². The molecule has 73 valence electrons. The molecule has 0 aliphatic carbocycles. The minimum absolute atomic E-state index is 0.914. The van der Waals surface area contributed by atoms with E-state index in [-0.39, 0.29) is 0 Å². The van der Waals surface area contributed by atoms with Crippen LogP contribution in [0, 0.1) is 6.92 Å². The van der Waals surface area contributed by atoms with Gasteiger partial charge in [-0.25, -0.2) is 0 Å². The van der Waals surface area contributed by atoms with Gasteiger partial charge in [-0.05, 0) is 12.1 Å². The summed E-state index contributed by atoms with van der Waals surface area (Å²) in [5, 5.41) is 0. The third-order valence-corrected chi connectivity index (χ3v) is 5.93. The van der Waals surface area contributed by atoms with Gasteiger partial charge in [-0.1, -0.05) is 33.1 Å². The van der Waals surface area contributed by atoms with Crippen molar-refractivity contribution in [1.82, 2.24) is 0 Å². The van der Waals surface area contributed by atoms with E-state index in [2.05, 4.69) is 13.8 Å². The van der Waals surface area contributed by atoms with Crippen LogP contribution < -0.4 is 0 Å². The standard InChI is InChI=1S/C9H21O2Si/c1-5-7-9-12(10-3,11-4)8-6-2/h2,5-9H2,1,3-4H3. The molecule has 0 amide bonds. The van der Waals surface area contributed by atoms with E-state index in [1.165, 1.54) is 12.8 Å². The van der Waals surface area contributed by atoms with E-state index in [4.69, 9.17) is 8.85 Å². The van der Waals surface area contributed by atoms with Crippen LogP contribution in [0.2, 0.25) is 12.1 Å². The molecule has 2 nitrogen and oxygen atoms in total. The Balaban J connectivity index is 3.95. The van der Waals surface area contributed by atoms with Crippen molar-refractivity contribution in [3.05, 3.63) is 6.92 Å². The first kappa shape index (κ1) is 12.1. The summed E-state index contributed by atoms with van der Waals surface area (Å²) in [6.45, 7) is 6.04. The lowest BCUT2D eigenvalue weighted by Gasteiger charge is -2.26. The molecule has 0 spiro atoms. The maximum atomic E-state index is 5.51. The van der Waals surface area contributed by atoms with Gasteiger partial charge in [0, 0.05) is 14.2 Å². The van der Waals surface area contributed by atoms with Crippen molar-refractivity contribution < 1.29 is 8.85 Å². The maximum absolute atomic E-state index is 5.51. The van der Waals surface area contributed by atoms with Crippen molar-refractivity contribution in [3.63, 3.8) is 0 Å². The molecular weight excluding hydrogens is 168 g/mol. The molecule has 0 saturated carbocycles. The molecular formula is C9H21O2Si. The van der Waals surface area contributed by atoms with Gasteiger partial charge < -0.3 is 8.85 Å². The zero-order valence-corrected chi connectivity index (χ0v) is 9.56. The summed E-state index contributed by atoms with van der Waals surface area (Å²) in [5.41, 5.74) is 0. The third-order valence-electron chi connectivity index (χ3n) is 2.21. The Kier molecular flexibility index (Phi) is 6.71. The van der Waals surface area contributed by atoms with Crippen molar-refractivity contribution in [2.75, 3.05) is 14.2 Å². The summed E-state index contributed by atoms with van der Waals surface area (Å²) >= 11 is 0. The summed E-state index contributed by atoms with van der Waals surface area (Å²) < 4.78 is 11.0. The average molecular weight is 189 g/mol. The van der Waals surface area contributed by atoms with Crippen LogP contribution in [0.3, 0.4) is 0 Å². The molecule has 0 bridgehead atoms. The molecule has 0 unspecified atom stereocenters. The fourth-order valence-electron chi connectivity index (χ4n) is 1.33. The predicted molar refractivity (Wildman–Crippen MR) is 54.3 cm³/mol. The number of unbranched alkanes of at least 4 members (excludes halogenated alkanes) is 1. The van der Waals surface area contributed by atoms with E-state index >= 15 is 0 Å². The Labute approximate surface area is 77.5 Å². The van der Waals surface area contributed by atoms with Gasteiger partial charge in [0.2, 0.25) is 0 Å². The smallest absolute Gasteiger partial charge is 0.337 e. The SMILES string of the molecule is [CH2]CC[Si](CCCC)(OC)OC. The van der Waals surface area contributed by atoms with Gasteiger partial charge in [0.25, 0.3) is 0 Å². The molecule has 12 heavy (non-hydrogen) atoms. The van der Waals surface area contributed by atoms with Gasteiger partial charge in [0.1, 0.15) is 0 Å². The van der Waals surface area contributed by atoms with Crippen LogP contribution in [0.1, 0.15) is 26.2 Å². The number of rotatable bonds is 7. The summed E-state index contributed by atoms with van der Waals surface area (Å²) in [6, 6.07) is 2.12. The molecule has 0 aliphatic heterocycles. The minimum Gasteiger partial charge on any atom is -0.398 e. The molecule has 0 atom stereocenters. The van der Waals surface area contributed by atoms with Crippen LogP contribution >= 0.6 is 0 Å². The maximum Gasteiger partial charge on any atom is 0.337 e. The molecule has 0 aromatic rings. The quantitative estimate of drug-likeness (QED) is 0.573. The fraction of sp³-hybridized carbons (Fsp3) is 0.889. The second-order valence-corrected chi connectivity index (χ2v) is 6.66. The van der Waals surface area contributed by atoms with E-state index in [0.29, 0.717) is 0 Å². The van der Waals surface area contributed by atoms with Gasteiger partial charge >= 0.3 is 8.56 Å². The fourth-order valence-corrected chi connectivity index (χ4v) is 4.00. The lowest BCUT2D eigenvalue weighted by Crippen LogP contribution is -2.39. The topological polar surface area (TPSA) is 18.5 Å². The molecule has 0 aromatic carbocycles. The minimum atomic E-state index is -1.83. The van der Waals surface area contributed by atoms with Crippen LogP contribution in [0.15, 0.2) is 0 Å². The van der Waals surface area contributed by atoms with Crippen molar-refractivity contribution >= 4 is 8.56 Å². The van der Waals surface area contributed by atoms with Gasteiger partial charge in [0.05, 0.1) is 0 Å². The first-order valence-electron chi connectivity index (χ1n) is 4.64. The number of hydrogen-bond acceptors (Lipinski definition) is 2. The first-order valence-corrected chi connectivity index (χ1v) is 6.87. The van der Waals surface area contributed by atoms with Gasteiger partial charge in [0.15, 0.2) is 0 Å². The highest BCUT2D eigenvalue weighted by molar-refractivity contribution is 6.67. The Hall–Kier alpha value is 0.137. The molecule has 0 heterocycles. The van der Waals surface area contributed by atoms with Gasteiger partial charge in [-0.3, -0.25) is 0 Å². The Morgan fingerprint density at radius 3 is 2.08 bits per heavy atom. The molecule has 0 aromatic heterocycles. The highest BCUT2D eigenvalue weighted by atomic mass is 28.4.